The molecule has 82 valence electrons. The molecule has 0 aliphatic rings. The van der Waals surface area contributed by atoms with Crippen molar-refractivity contribution in [1.29, 1.82) is 0 Å². The molecule has 1 unspecified atom stereocenters. The minimum atomic E-state index is -0.157. The van der Waals surface area contributed by atoms with Crippen LogP contribution in [0.25, 0.3) is 6.08 Å². The van der Waals surface area contributed by atoms with Crippen LogP contribution in [-0.4, -0.2) is 25.7 Å². The molecule has 0 aromatic carbocycles. The Bertz CT molecular complexity index is 317. The van der Waals surface area contributed by atoms with Crippen molar-refractivity contribution in [3.63, 3.8) is 0 Å². The van der Waals surface area contributed by atoms with Gasteiger partial charge in [0.1, 0.15) is 5.76 Å². The van der Waals surface area contributed by atoms with E-state index in [2.05, 4.69) is 5.32 Å². The molecule has 0 saturated heterocycles. The van der Waals surface area contributed by atoms with E-state index in [4.69, 9.17) is 9.15 Å². The van der Waals surface area contributed by atoms with Gasteiger partial charge in [0.15, 0.2) is 0 Å². The van der Waals surface area contributed by atoms with Gasteiger partial charge in [-0.05, 0) is 25.1 Å². The summed E-state index contributed by atoms with van der Waals surface area (Å²) >= 11 is 0. The molecule has 1 heterocycles. The number of ether oxygens (including phenoxy) is 1. The van der Waals surface area contributed by atoms with Gasteiger partial charge in [-0.15, -0.1) is 0 Å². The minimum Gasteiger partial charge on any atom is -0.465 e. The number of hydrogen-bond donors (Lipinski definition) is 1. The van der Waals surface area contributed by atoms with Gasteiger partial charge in [0.05, 0.1) is 12.9 Å². The number of methoxy groups -OCH3 is 1. The third-order valence-electron chi connectivity index (χ3n) is 1.75. The fourth-order valence-electron chi connectivity index (χ4n) is 1.13. The largest absolute Gasteiger partial charge is 0.465 e. The molecule has 1 atom stereocenters. The van der Waals surface area contributed by atoms with E-state index in [-0.39, 0.29) is 11.9 Å². The van der Waals surface area contributed by atoms with Crippen molar-refractivity contribution in [2.24, 2.45) is 0 Å². The number of carbonyl (C=O) groups excluding carboxylic acids is 1. The summed E-state index contributed by atoms with van der Waals surface area (Å²) in [6, 6.07) is 3.55. The lowest BCUT2D eigenvalue weighted by atomic mass is 10.3. The van der Waals surface area contributed by atoms with Gasteiger partial charge < -0.3 is 14.5 Å². The Morgan fingerprint density at radius 1 is 1.73 bits per heavy atom. The summed E-state index contributed by atoms with van der Waals surface area (Å²) < 4.78 is 9.94. The number of furan rings is 1. The van der Waals surface area contributed by atoms with E-state index in [1.54, 1.807) is 31.6 Å². The van der Waals surface area contributed by atoms with Crippen LogP contribution in [0.15, 0.2) is 28.9 Å². The standard InChI is InChI=1S/C11H15NO3/c1-9(8-14-2)12-11(13)6-5-10-4-3-7-15-10/h3-7,9H,8H2,1-2H3,(H,12,13)/b6-5+. The van der Waals surface area contributed by atoms with Crippen LogP contribution in [0.1, 0.15) is 12.7 Å². The Hall–Kier alpha value is -1.55. The summed E-state index contributed by atoms with van der Waals surface area (Å²) in [5.74, 6) is 0.500. The SMILES string of the molecule is COCC(C)NC(=O)/C=C/c1ccco1. The summed E-state index contributed by atoms with van der Waals surface area (Å²) in [4.78, 5) is 11.3. The Labute approximate surface area is 88.9 Å². The molecule has 15 heavy (non-hydrogen) atoms. The monoisotopic (exact) mass is 209 g/mol. The lowest BCUT2D eigenvalue weighted by molar-refractivity contribution is -0.117. The summed E-state index contributed by atoms with van der Waals surface area (Å²) in [5.41, 5.74) is 0. The Morgan fingerprint density at radius 3 is 3.13 bits per heavy atom. The average molecular weight is 209 g/mol. The van der Waals surface area contributed by atoms with Crippen LogP contribution < -0.4 is 5.32 Å². The summed E-state index contributed by atoms with van der Waals surface area (Å²) in [7, 11) is 1.60. The molecule has 0 aliphatic carbocycles. The number of nitrogens with one attached hydrogen (secondary N) is 1. The highest BCUT2D eigenvalue weighted by molar-refractivity contribution is 5.91. The van der Waals surface area contributed by atoms with Gasteiger partial charge in [-0.25, -0.2) is 0 Å². The maximum atomic E-state index is 11.3. The predicted octanol–water partition coefficient (Wildman–Crippen LogP) is 1.44. The van der Waals surface area contributed by atoms with Gasteiger partial charge in [-0.2, -0.15) is 0 Å². The van der Waals surface area contributed by atoms with Crippen molar-refractivity contribution in [1.82, 2.24) is 5.32 Å². The smallest absolute Gasteiger partial charge is 0.244 e. The zero-order chi connectivity index (χ0) is 11.1. The van der Waals surface area contributed by atoms with E-state index in [1.165, 1.54) is 6.08 Å². The number of rotatable bonds is 5. The lowest BCUT2D eigenvalue weighted by Gasteiger charge is -2.10. The summed E-state index contributed by atoms with van der Waals surface area (Å²) in [5, 5.41) is 2.75. The Kier molecular flexibility index (Phi) is 4.63. The van der Waals surface area contributed by atoms with Gasteiger partial charge in [0.2, 0.25) is 5.91 Å². The molecule has 0 fully saturated rings. The minimum absolute atomic E-state index is 0.00347. The van der Waals surface area contributed by atoms with E-state index >= 15 is 0 Å². The molecule has 0 radical (unpaired) electrons. The van der Waals surface area contributed by atoms with Crippen LogP contribution in [0.2, 0.25) is 0 Å². The summed E-state index contributed by atoms with van der Waals surface area (Å²) in [6.07, 6.45) is 4.62. The third kappa shape index (κ3) is 4.46. The van der Waals surface area contributed by atoms with Crippen LogP contribution in [0.4, 0.5) is 0 Å². The molecule has 4 nitrogen and oxygen atoms in total. The van der Waals surface area contributed by atoms with Crippen LogP contribution >= 0.6 is 0 Å². The topological polar surface area (TPSA) is 51.5 Å². The van der Waals surface area contributed by atoms with Crippen LogP contribution in [-0.2, 0) is 9.53 Å². The summed E-state index contributed by atoms with van der Waals surface area (Å²) in [6.45, 7) is 2.38. The first kappa shape index (κ1) is 11.5. The second-order valence-electron chi connectivity index (χ2n) is 3.21. The van der Waals surface area contributed by atoms with Gasteiger partial charge >= 0.3 is 0 Å². The fourth-order valence-corrected chi connectivity index (χ4v) is 1.13. The molecule has 4 heteroatoms. The Morgan fingerprint density at radius 2 is 2.53 bits per heavy atom. The van der Waals surface area contributed by atoms with Gasteiger partial charge in [-0.1, -0.05) is 0 Å². The van der Waals surface area contributed by atoms with E-state index in [0.29, 0.717) is 12.4 Å². The molecule has 1 aromatic heterocycles. The average Bonchev–Trinajstić information content (AvgIpc) is 2.67. The highest BCUT2D eigenvalue weighted by Gasteiger charge is 2.03. The van der Waals surface area contributed by atoms with Crippen LogP contribution in [0.3, 0.4) is 0 Å². The van der Waals surface area contributed by atoms with E-state index in [1.807, 2.05) is 6.92 Å². The van der Waals surface area contributed by atoms with E-state index in [9.17, 15) is 4.79 Å². The molecule has 0 bridgehead atoms. The first-order valence-corrected chi connectivity index (χ1v) is 4.73. The van der Waals surface area contributed by atoms with E-state index in [0.717, 1.165) is 0 Å². The third-order valence-corrected chi connectivity index (χ3v) is 1.75. The normalized spacial score (nSPS) is 12.9. The maximum absolute atomic E-state index is 11.3. The van der Waals surface area contributed by atoms with Crippen LogP contribution in [0, 0.1) is 0 Å². The van der Waals surface area contributed by atoms with Gasteiger partial charge in [-0.3, -0.25) is 4.79 Å². The number of amides is 1. The first-order valence-electron chi connectivity index (χ1n) is 4.73. The molecular formula is C11H15NO3. The molecule has 1 aromatic rings. The Balaban J connectivity index is 2.36. The molecule has 1 N–H and O–H groups in total. The number of carbonyl (C=O) groups is 1. The molecule has 0 aliphatic heterocycles. The zero-order valence-electron chi connectivity index (χ0n) is 8.90. The van der Waals surface area contributed by atoms with Crippen molar-refractivity contribution >= 4 is 12.0 Å². The van der Waals surface area contributed by atoms with Crippen molar-refractivity contribution in [3.05, 3.63) is 30.2 Å². The molecule has 1 amide bonds. The van der Waals surface area contributed by atoms with Crippen LogP contribution in [0.5, 0.6) is 0 Å². The lowest BCUT2D eigenvalue weighted by Crippen LogP contribution is -2.34. The second-order valence-corrected chi connectivity index (χ2v) is 3.21. The van der Waals surface area contributed by atoms with Crippen molar-refractivity contribution in [2.75, 3.05) is 13.7 Å². The number of hydrogen-bond acceptors (Lipinski definition) is 3. The molecular weight excluding hydrogens is 194 g/mol. The first-order chi connectivity index (χ1) is 7.22. The van der Waals surface area contributed by atoms with E-state index < -0.39 is 0 Å². The van der Waals surface area contributed by atoms with Gasteiger partial charge in [0, 0.05) is 19.2 Å². The molecule has 1 rings (SSSR count). The maximum Gasteiger partial charge on any atom is 0.244 e. The van der Waals surface area contributed by atoms with Gasteiger partial charge in [0.25, 0.3) is 0 Å². The van der Waals surface area contributed by atoms with Crippen molar-refractivity contribution < 1.29 is 13.9 Å². The highest BCUT2D eigenvalue weighted by atomic mass is 16.5. The zero-order valence-corrected chi connectivity index (χ0v) is 8.90. The molecule has 0 saturated carbocycles. The van der Waals surface area contributed by atoms with Crippen molar-refractivity contribution in [3.8, 4) is 0 Å². The predicted molar refractivity (Wildman–Crippen MR) is 57.2 cm³/mol. The molecule has 0 spiro atoms. The fraction of sp³-hybridized carbons (Fsp3) is 0.364. The van der Waals surface area contributed by atoms with Crippen molar-refractivity contribution in [2.45, 2.75) is 13.0 Å². The quantitative estimate of drug-likeness (QED) is 0.746. The second kappa shape index (κ2) is 6.03. The highest BCUT2D eigenvalue weighted by Crippen LogP contribution is 2.01.